The van der Waals surface area contributed by atoms with Gasteiger partial charge in [0.2, 0.25) is 0 Å². The lowest BCUT2D eigenvalue weighted by Gasteiger charge is -2.03. The predicted molar refractivity (Wildman–Crippen MR) is 55.7 cm³/mol. The van der Waals surface area contributed by atoms with Crippen LogP contribution in [0.4, 0.5) is 0 Å². The lowest BCUT2D eigenvalue weighted by atomic mass is 10.2. The van der Waals surface area contributed by atoms with E-state index in [1.54, 1.807) is 18.2 Å². The zero-order chi connectivity index (χ0) is 11.9. The molecule has 0 aliphatic rings. The summed E-state index contributed by atoms with van der Waals surface area (Å²) in [4.78, 5) is 22.9. The molecule has 1 amide bonds. The highest BCUT2D eigenvalue weighted by Crippen LogP contribution is 2.12. The van der Waals surface area contributed by atoms with E-state index in [4.69, 9.17) is 5.73 Å². The number of nitrogens with two attached hydrogens (primary N) is 1. The second kappa shape index (κ2) is 3.34. The molecule has 0 fully saturated rings. The third kappa shape index (κ3) is 1.23. The zero-order valence-corrected chi connectivity index (χ0v) is 8.54. The normalized spacial score (nSPS) is 10.6. The Labute approximate surface area is 90.1 Å². The molecule has 1 aromatic carbocycles. The number of primary amides is 1. The number of benzene rings is 1. The van der Waals surface area contributed by atoms with Crippen molar-refractivity contribution in [2.45, 2.75) is 6.92 Å². The quantitative estimate of drug-likeness (QED) is 0.531. The molecule has 16 heavy (non-hydrogen) atoms. The smallest absolute Gasteiger partial charge is 0.349 e. The minimum atomic E-state index is -0.874. The molecule has 0 atom stereocenters. The first-order valence-electron chi connectivity index (χ1n) is 4.60. The Morgan fingerprint density at radius 3 is 2.69 bits per heavy atom. The minimum Gasteiger partial charge on any atom is -0.428 e. The number of carbonyl (C=O) groups is 1. The van der Waals surface area contributed by atoms with E-state index in [2.05, 4.69) is 0 Å². The van der Waals surface area contributed by atoms with Crippen LogP contribution in [0.1, 0.15) is 16.2 Å². The molecule has 0 bridgehead atoms. The Balaban J connectivity index is 3.07. The van der Waals surface area contributed by atoms with Gasteiger partial charge in [0.05, 0.1) is 4.43 Å². The highest BCUT2D eigenvalue weighted by Gasteiger charge is 2.26. The Morgan fingerprint density at radius 1 is 1.44 bits per heavy atom. The molecule has 0 aliphatic carbocycles. The van der Waals surface area contributed by atoms with Crippen molar-refractivity contribution in [2.24, 2.45) is 5.73 Å². The number of amides is 1. The molecule has 0 saturated carbocycles. The standard InChI is InChI=1S/C10H9N3O3/c1-6-9(10(11)14)13(16)8-5-3-2-4-7(8)12(6)15/h2-5,15H,1H3,(H-,11,14)/p+1. The molecular formula is C10H10N3O3+. The molecule has 3 N–H and O–H groups in total. The van der Waals surface area contributed by atoms with Crippen molar-refractivity contribution in [3.05, 3.63) is 40.6 Å². The fraction of sp³-hybridized carbons (Fsp3) is 0.100. The molecule has 0 spiro atoms. The van der Waals surface area contributed by atoms with Crippen LogP contribution >= 0.6 is 0 Å². The Kier molecular flexibility index (Phi) is 2.12. The van der Waals surface area contributed by atoms with Crippen LogP contribution < -0.4 is 10.2 Å². The topological polar surface area (TPSA) is 91.2 Å². The molecule has 2 aromatic rings. The van der Waals surface area contributed by atoms with Gasteiger partial charge < -0.3 is 10.9 Å². The van der Waals surface area contributed by atoms with Gasteiger partial charge in [-0.1, -0.05) is 12.1 Å². The van der Waals surface area contributed by atoms with E-state index in [0.29, 0.717) is 9.94 Å². The summed E-state index contributed by atoms with van der Waals surface area (Å²) in [7, 11) is 0. The van der Waals surface area contributed by atoms with E-state index in [1.807, 2.05) is 0 Å². The van der Waals surface area contributed by atoms with Gasteiger partial charge in [-0.25, -0.2) is 0 Å². The number of hydrogen-bond acceptors (Lipinski definition) is 3. The summed E-state index contributed by atoms with van der Waals surface area (Å²) in [6, 6.07) is 6.39. The predicted octanol–water partition coefficient (Wildman–Crippen LogP) is 0.200. The van der Waals surface area contributed by atoms with Crippen LogP contribution in [0.25, 0.3) is 11.0 Å². The Hall–Kier alpha value is -2.37. The van der Waals surface area contributed by atoms with Crippen molar-refractivity contribution in [3.63, 3.8) is 0 Å². The fourth-order valence-corrected chi connectivity index (χ4v) is 1.64. The SMILES string of the molecule is Cc1c(C(N)=O)[n+](=O)c2ccccc2n1O. The average molecular weight is 220 g/mol. The lowest BCUT2D eigenvalue weighted by molar-refractivity contribution is -0.469. The van der Waals surface area contributed by atoms with Gasteiger partial charge >= 0.3 is 11.6 Å². The van der Waals surface area contributed by atoms with Crippen LogP contribution in [0.2, 0.25) is 0 Å². The van der Waals surface area contributed by atoms with Crippen molar-refractivity contribution >= 4 is 16.9 Å². The summed E-state index contributed by atoms with van der Waals surface area (Å²) in [5, 5.41) is 9.77. The van der Waals surface area contributed by atoms with Crippen molar-refractivity contribution < 1.29 is 14.4 Å². The molecule has 0 aliphatic heterocycles. The van der Waals surface area contributed by atoms with Crippen LogP contribution in [0.15, 0.2) is 24.3 Å². The van der Waals surface area contributed by atoms with Gasteiger partial charge in [-0.15, -0.1) is 0 Å². The highest BCUT2D eigenvalue weighted by molar-refractivity contribution is 5.91. The molecule has 6 nitrogen and oxygen atoms in total. The maximum absolute atomic E-state index is 11.8. The minimum absolute atomic E-state index is 0.112. The molecule has 1 aromatic heterocycles. The Bertz CT molecular complexity index is 646. The molecule has 0 unspecified atom stereocenters. The Morgan fingerprint density at radius 2 is 2.06 bits per heavy atom. The van der Waals surface area contributed by atoms with E-state index >= 15 is 0 Å². The van der Waals surface area contributed by atoms with Gasteiger partial charge in [0.25, 0.3) is 5.52 Å². The first-order chi connectivity index (χ1) is 7.54. The largest absolute Gasteiger partial charge is 0.428 e. The number of rotatable bonds is 1. The van der Waals surface area contributed by atoms with Crippen LogP contribution in [0, 0.1) is 11.8 Å². The third-order valence-electron chi connectivity index (χ3n) is 2.43. The summed E-state index contributed by atoms with van der Waals surface area (Å²) < 4.78 is 1.21. The number of carbonyl (C=O) groups excluding carboxylic acids is 1. The van der Waals surface area contributed by atoms with Crippen molar-refractivity contribution in [1.29, 1.82) is 0 Å². The maximum atomic E-state index is 11.8. The van der Waals surface area contributed by atoms with Crippen LogP contribution in [-0.2, 0) is 0 Å². The molecule has 1 heterocycles. The van der Waals surface area contributed by atoms with Crippen molar-refractivity contribution in [3.8, 4) is 0 Å². The van der Waals surface area contributed by atoms with Gasteiger partial charge in [-0.05, 0) is 13.0 Å². The summed E-state index contributed by atoms with van der Waals surface area (Å²) in [6.45, 7) is 1.45. The lowest BCUT2D eigenvalue weighted by Crippen LogP contribution is -2.34. The van der Waals surface area contributed by atoms with E-state index in [-0.39, 0.29) is 16.9 Å². The second-order valence-electron chi connectivity index (χ2n) is 3.39. The number of hydrogen-bond donors (Lipinski definition) is 2. The van der Waals surface area contributed by atoms with Crippen LogP contribution in [0.5, 0.6) is 0 Å². The number of para-hydroxylation sites is 2. The van der Waals surface area contributed by atoms with E-state index in [9.17, 15) is 14.9 Å². The van der Waals surface area contributed by atoms with Crippen molar-refractivity contribution in [1.82, 2.24) is 4.73 Å². The average Bonchev–Trinajstić information content (AvgIpc) is 2.26. The summed E-state index contributed by atoms with van der Waals surface area (Å²) in [5.41, 5.74) is 5.44. The fourth-order valence-electron chi connectivity index (χ4n) is 1.64. The molecule has 0 radical (unpaired) electrons. The van der Waals surface area contributed by atoms with Crippen LogP contribution in [-0.4, -0.2) is 15.8 Å². The highest BCUT2D eigenvalue weighted by atomic mass is 16.5. The zero-order valence-electron chi connectivity index (χ0n) is 8.54. The number of fused-ring (bicyclic) bond motifs is 1. The molecule has 6 heteroatoms. The molecule has 2 rings (SSSR count). The summed E-state index contributed by atoms with van der Waals surface area (Å²) >= 11 is 0. The van der Waals surface area contributed by atoms with Gasteiger partial charge in [-0.3, -0.25) is 4.79 Å². The summed E-state index contributed by atoms with van der Waals surface area (Å²) in [5.74, 6) is -0.874. The number of nitrogens with zero attached hydrogens (tertiary/aromatic N) is 2. The van der Waals surface area contributed by atoms with Gasteiger partial charge in [0.15, 0.2) is 5.52 Å². The van der Waals surface area contributed by atoms with E-state index < -0.39 is 5.91 Å². The van der Waals surface area contributed by atoms with E-state index in [0.717, 1.165) is 4.73 Å². The van der Waals surface area contributed by atoms with Crippen molar-refractivity contribution in [2.75, 3.05) is 0 Å². The molecule has 0 saturated heterocycles. The first kappa shape index (κ1) is 10.2. The van der Waals surface area contributed by atoms with E-state index in [1.165, 1.54) is 13.0 Å². The molecule has 82 valence electrons. The molecular weight excluding hydrogens is 210 g/mol. The van der Waals surface area contributed by atoms with Gasteiger partial charge in [0.1, 0.15) is 5.69 Å². The first-order valence-corrected chi connectivity index (χ1v) is 4.60. The van der Waals surface area contributed by atoms with Crippen LogP contribution in [0.3, 0.4) is 0 Å². The summed E-state index contributed by atoms with van der Waals surface area (Å²) in [6.07, 6.45) is 0. The second-order valence-corrected chi connectivity index (χ2v) is 3.39. The van der Waals surface area contributed by atoms with Gasteiger partial charge in [0, 0.05) is 11.0 Å². The number of aromatic nitrogens is 2. The third-order valence-corrected chi connectivity index (χ3v) is 2.43. The maximum Gasteiger partial charge on any atom is 0.349 e. The monoisotopic (exact) mass is 220 g/mol. The van der Waals surface area contributed by atoms with Gasteiger partial charge in [-0.2, -0.15) is 4.73 Å².